The van der Waals surface area contributed by atoms with Crippen LogP contribution < -0.4 is 18.9 Å². The molecular weight excluding hydrogens is 945 g/mol. The molecule has 0 radical (unpaired) electrons. The minimum Gasteiger partial charge on any atom is -0.478 e. The van der Waals surface area contributed by atoms with Crippen molar-refractivity contribution in [1.29, 1.82) is 0 Å². The summed E-state index contributed by atoms with van der Waals surface area (Å²) in [5, 5.41) is 29.8. The van der Waals surface area contributed by atoms with Crippen molar-refractivity contribution in [3.8, 4) is 89.8 Å². The van der Waals surface area contributed by atoms with E-state index in [1.54, 1.807) is 60.7 Å². The second kappa shape index (κ2) is 22.5. The average molecular weight is 985 g/mol. The van der Waals surface area contributed by atoms with Crippen LogP contribution in [0.25, 0.3) is 77.5 Å². The third kappa shape index (κ3) is 11.3. The Hall–Kier alpha value is -10.5. The Morgan fingerprint density at radius 2 is 0.649 bits per heavy atom. The molecule has 9 rings (SSSR count). The summed E-state index contributed by atoms with van der Waals surface area (Å²) in [5.74, 6) is -2.30. The molecular formula is C60H40O14. The summed E-state index contributed by atoms with van der Waals surface area (Å²) in [6.45, 7) is 3.26. The van der Waals surface area contributed by atoms with Crippen LogP contribution >= 0.6 is 0 Å². The maximum absolute atomic E-state index is 11.6. The Morgan fingerprint density at radius 3 is 0.986 bits per heavy atom. The highest BCUT2D eigenvalue weighted by Crippen LogP contribution is 2.43. The van der Waals surface area contributed by atoms with Gasteiger partial charge in [0.25, 0.3) is 25.9 Å². The van der Waals surface area contributed by atoms with E-state index in [2.05, 4.69) is 36.4 Å². The summed E-state index contributed by atoms with van der Waals surface area (Å²) in [7, 11) is 0. The first-order valence-corrected chi connectivity index (χ1v) is 22.4. The number of carboxylic acid groups (broad SMARTS) is 3. The highest BCUT2D eigenvalue weighted by atomic mass is 16.5. The molecule has 0 atom stereocenters. The Morgan fingerprint density at radius 1 is 0.324 bits per heavy atom. The summed E-state index contributed by atoms with van der Waals surface area (Å²) in [6, 6.07) is 53.1. The van der Waals surface area contributed by atoms with E-state index in [1.807, 2.05) is 67.6 Å². The number of carbonyl (C=O) groups is 7. The lowest BCUT2D eigenvalue weighted by Gasteiger charge is -2.19. The largest absolute Gasteiger partial charge is 0.478 e. The second-order valence-electron chi connectivity index (χ2n) is 16.4. The van der Waals surface area contributed by atoms with Crippen molar-refractivity contribution < 1.29 is 67.8 Å². The van der Waals surface area contributed by atoms with Crippen LogP contribution in [0.4, 0.5) is 0 Å². The molecule has 0 unspecified atom stereocenters. The molecule has 364 valence electrons. The second-order valence-corrected chi connectivity index (χ2v) is 16.4. The van der Waals surface area contributed by atoms with Gasteiger partial charge in [0.1, 0.15) is 23.0 Å². The SMILES string of the molecule is Cc1ccc(-c2cc(-c3ccc(OC=O)cc3)c(-c3ccc(OC=O)cc3)cc2-c2ccc(C(=O)O)cc2)cc1.O=COc1cc(C(=O)O)cc(-c2ccc(-c3cc(OC=O)cc(C(=O)O)c3)c3ccccc23)c1. The minimum atomic E-state index is -1.17. The van der Waals surface area contributed by atoms with E-state index in [4.69, 9.17) is 18.9 Å². The van der Waals surface area contributed by atoms with Crippen LogP contribution in [-0.4, -0.2) is 59.1 Å². The third-order valence-electron chi connectivity index (χ3n) is 11.9. The third-order valence-corrected chi connectivity index (χ3v) is 11.9. The number of benzene rings is 9. The summed E-state index contributed by atoms with van der Waals surface area (Å²) >= 11 is 0. The molecule has 0 heterocycles. The lowest BCUT2D eigenvalue weighted by atomic mass is 9.85. The van der Waals surface area contributed by atoms with Gasteiger partial charge in [-0.1, -0.05) is 103 Å². The standard InChI is InChI=1S/C34H24O6.C26H16O8/c1-22-2-4-23(5-3-22)30-18-32(25-10-14-28(15-11-25)39-20-35)33(26-12-16-29(17-13-26)40-21-36)19-31(30)24-6-8-27(9-7-24)34(37)38;27-13-33-19-9-15(7-17(11-19)25(29)30)21-5-6-22(24-4-2-1-3-23(21)24)16-8-18(26(31)32)12-20(10-16)34-14-28/h2-21H,1H3,(H,37,38);1-14H,(H,29,30)(H,31,32). The van der Waals surface area contributed by atoms with E-state index in [9.17, 15) is 48.9 Å². The zero-order valence-corrected chi connectivity index (χ0v) is 39.0. The Kier molecular flexibility index (Phi) is 15.2. The number of hydrogen-bond donors (Lipinski definition) is 3. The van der Waals surface area contributed by atoms with E-state index in [0.717, 1.165) is 60.8 Å². The van der Waals surface area contributed by atoms with Crippen LogP contribution in [-0.2, 0) is 19.2 Å². The van der Waals surface area contributed by atoms with E-state index in [-0.39, 0.29) is 41.1 Å². The fourth-order valence-corrected chi connectivity index (χ4v) is 8.42. The zero-order valence-electron chi connectivity index (χ0n) is 39.0. The predicted octanol–water partition coefficient (Wildman–Crippen LogP) is 12.1. The topological polar surface area (TPSA) is 217 Å². The van der Waals surface area contributed by atoms with Crippen LogP contribution in [0, 0.1) is 6.92 Å². The first kappa shape index (κ1) is 49.9. The normalized spacial score (nSPS) is 10.5. The van der Waals surface area contributed by atoms with Gasteiger partial charge in [-0.05, 0) is 169 Å². The molecule has 0 saturated heterocycles. The molecule has 0 aliphatic rings. The maximum Gasteiger partial charge on any atom is 0.335 e. The molecule has 14 heteroatoms. The monoisotopic (exact) mass is 984 g/mol. The van der Waals surface area contributed by atoms with Gasteiger partial charge in [0.2, 0.25) is 0 Å². The Labute approximate surface area is 421 Å². The Balaban J connectivity index is 0.000000200. The van der Waals surface area contributed by atoms with Crippen molar-refractivity contribution in [1.82, 2.24) is 0 Å². The molecule has 9 aromatic rings. The fraction of sp³-hybridized carbons (Fsp3) is 0.0167. The van der Waals surface area contributed by atoms with Crippen molar-refractivity contribution in [2.75, 3.05) is 0 Å². The number of aromatic carboxylic acids is 3. The van der Waals surface area contributed by atoms with Crippen LogP contribution in [0.2, 0.25) is 0 Å². The molecule has 0 amide bonds. The van der Waals surface area contributed by atoms with Gasteiger partial charge in [-0.3, -0.25) is 19.2 Å². The van der Waals surface area contributed by atoms with Crippen molar-refractivity contribution in [2.45, 2.75) is 6.92 Å². The van der Waals surface area contributed by atoms with Gasteiger partial charge in [-0.25, -0.2) is 14.4 Å². The smallest absolute Gasteiger partial charge is 0.335 e. The first-order chi connectivity index (χ1) is 35.9. The number of ether oxygens (including phenoxy) is 4. The predicted molar refractivity (Wildman–Crippen MR) is 275 cm³/mol. The lowest BCUT2D eigenvalue weighted by molar-refractivity contribution is -0.121. The van der Waals surface area contributed by atoms with Crippen molar-refractivity contribution in [3.63, 3.8) is 0 Å². The van der Waals surface area contributed by atoms with Gasteiger partial charge < -0.3 is 34.3 Å². The fourth-order valence-electron chi connectivity index (χ4n) is 8.42. The highest BCUT2D eigenvalue weighted by Gasteiger charge is 2.19. The average Bonchev–Trinajstić information content (AvgIpc) is 3.41. The summed E-state index contributed by atoms with van der Waals surface area (Å²) < 4.78 is 19.8. The number of carbonyl (C=O) groups excluding carboxylic acids is 4. The number of aryl methyl sites for hydroxylation is 1. The maximum atomic E-state index is 11.6. The van der Waals surface area contributed by atoms with Crippen molar-refractivity contribution >= 4 is 54.6 Å². The molecule has 0 saturated carbocycles. The van der Waals surface area contributed by atoms with Crippen LogP contribution in [0.15, 0.2) is 182 Å². The van der Waals surface area contributed by atoms with Gasteiger partial charge in [-0.15, -0.1) is 0 Å². The first-order valence-electron chi connectivity index (χ1n) is 22.4. The van der Waals surface area contributed by atoms with Crippen LogP contribution in [0.5, 0.6) is 23.0 Å². The molecule has 0 aliphatic heterocycles. The molecule has 0 aliphatic carbocycles. The number of hydrogen-bond acceptors (Lipinski definition) is 11. The van der Waals surface area contributed by atoms with Crippen LogP contribution in [0.3, 0.4) is 0 Å². The van der Waals surface area contributed by atoms with Gasteiger partial charge in [0.15, 0.2) is 0 Å². The molecule has 0 bridgehead atoms. The molecule has 0 fully saturated rings. The molecule has 74 heavy (non-hydrogen) atoms. The number of fused-ring (bicyclic) bond motifs is 1. The lowest BCUT2D eigenvalue weighted by Crippen LogP contribution is -2.00. The summed E-state index contributed by atoms with van der Waals surface area (Å²) in [6.07, 6.45) is 0. The summed E-state index contributed by atoms with van der Waals surface area (Å²) in [5.41, 5.74) is 11.0. The molecule has 9 aromatic carbocycles. The van der Waals surface area contributed by atoms with E-state index in [0.29, 0.717) is 46.7 Å². The Bertz CT molecular complexity index is 3490. The number of carboxylic acids is 3. The van der Waals surface area contributed by atoms with Gasteiger partial charge in [0.05, 0.1) is 16.7 Å². The summed E-state index contributed by atoms with van der Waals surface area (Å²) in [4.78, 5) is 77.9. The van der Waals surface area contributed by atoms with Gasteiger partial charge in [-0.2, -0.15) is 0 Å². The minimum absolute atomic E-state index is 0.0488. The molecule has 0 aromatic heterocycles. The number of rotatable bonds is 17. The molecule has 14 nitrogen and oxygen atoms in total. The highest BCUT2D eigenvalue weighted by molar-refractivity contribution is 6.06. The van der Waals surface area contributed by atoms with E-state index < -0.39 is 17.9 Å². The van der Waals surface area contributed by atoms with E-state index >= 15 is 0 Å². The van der Waals surface area contributed by atoms with E-state index in [1.165, 1.54) is 24.3 Å². The quantitative estimate of drug-likeness (QED) is 0.0723. The molecule has 0 spiro atoms. The van der Waals surface area contributed by atoms with Gasteiger partial charge >= 0.3 is 17.9 Å². The molecule has 3 N–H and O–H groups in total. The zero-order chi connectivity index (χ0) is 52.3. The van der Waals surface area contributed by atoms with Gasteiger partial charge in [0, 0.05) is 0 Å². The van der Waals surface area contributed by atoms with Crippen molar-refractivity contribution in [2.24, 2.45) is 0 Å². The van der Waals surface area contributed by atoms with Crippen molar-refractivity contribution in [3.05, 3.63) is 204 Å². The van der Waals surface area contributed by atoms with Crippen LogP contribution in [0.1, 0.15) is 36.6 Å².